The second-order valence-electron chi connectivity index (χ2n) is 2.19. The highest BCUT2D eigenvalue weighted by atomic mass is 127. The van der Waals surface area contributed by atoms with Gasteiger partial charge in [0.15, 0.2) is 0 Å². The van der Waals surface area contributed by atoms with Crippen LogP contribution in [0, 0.1) is 0 Å². The number of nitrogens with zero attached hydrogens (tertiary/aromatic N) is 3. The zero-order valence-electron chi connectivity index (χ0n) is 7.25. The summed E-state index contributed by atoms with van der Waals surface area (Å²) in [5.74, 6) is 15.9. The maximum Gasteiger partial charge on any atom is 0.217 e. The highest BCUT2D eigenvalue weighted by molar-refractivity contribution is 14.1. The van der Waals surface area contributed by atoms with E-state index in [0.29, 0.717) is 5.39 Å². The predicted octanol–water partition coefficient (Wildman–Crippen LogP) is -0.289. The zero-order chi connectivity index (χ0) is 12.1. The van der Waals surface area contributed by atoms with Crippen LogP contribution in [-0.2, 0) is 19.4 Å². The van der Waals surface area contributed by atoms with Crippen LogP contribution in [0.15, 0.2) is 0 Å². The molecular weight excluding hydrogens is 557 g/mol. The third-order valence-electron chi connectivity index (χ3n) is 0.672. The molecule has 0 aromatic rings. The Hall–Kier alpha value is 1.75. The summed E-state index contributed by atoms with van der Waals surface area (Å²) in [4.78, 5) is 8.51. The average molecular weight is 566 g/mol. The molecule has 6 N–H and O–H groups in total. The summed E-state index contributed by atoms with van der Waals surface area (Å²) in [6.07, 6.45) is 0. The first kappa shape index (κ1) is 16.8. The van der Waals surface area contributed by atoms with Crippen molar-refractivity contribution in [3.63, 3.8) is 0 Å². The normalized spacial score (nSPS) is 13.6. The lowest BCUT2D eigenvalue weighted by molar-refractivity contribution is -1.37. The predicted molar refractivity (Wildman–Crippen MR) is 68.3 cm³/mol. The van der Waals surface area contributed by atoms with Gasteiger partial charge in [-0.1, -0.05) is 5.84 Å². The third kappa shape index (κ3) is 7.63. The van der Waals surface area contributed by atoms with E-state index in [2.05, 4.69) is 9.50 Å². The molecule has 0 fully saturated rings. The zero-order valence-corrected chi connectivity index (χ0v) is 13.7. The molecule has 0 atom stereocenters. The molecule has 0 bridgehead atoms. The van der Waals surface area contributed by atoms with Crippen LogP contribution >= 0.6 is 69.0 Å². The summed E-state index contributed by atoms with van der Waals surface area (Å²) >= 11 is 4.31. The standard InChI is InChI=1S/CH9I3N6O5/c1-9(5,6)14-8(11-2)15-10(7,12-3)13-4/h5-7H2,1H3/q+2. The Labute approximate surface area is 127 Å². The number of hydrogen-bond donors (Lipinski definition) is 3. The van der Waals surface area contributed by atoms with E-state index in [4.69, 9.17) is 27.4 Å². The summed E-state index contributed by atoms with van der Waals surface area (Å²) in [6, 6.07) is 0. The summed E-state index contributed by atoms with van der Waals surface area (Å²) in [5.41, 5.74) is 0. The second-order valence-corrected chi connectivity index (χ2v) is 3.37. The van der Waals surface area contributed by atoms with Crippen molar-refractivity contribution >= 4 is 69.0 Å². The fourth-order valence-electron chi connectivity index (χ4n) is 0.313. The summed E-state index contributed by atoms with van der Waals surface area (Å²) in [5, 5.41) is -0.845. The van der Waals surface area contributed by atoms with Gasteiger partial charge in [0.2, 0.25) is 56.5 Å². The van der Waals surface area contributed by atoms with Crippen LogP contribution in [0.25, 0.3) is 0 Å². The van der Waals surface area contributed by atoms with Crippen LogP contribution in [-0.4, -0.2) is 22.4 Å². The Morgan fingerprint density at radius 3 is 1.73 bits per heavy atom. The van der Waals surface area contributed by atoms with Crippen LogP contribution in [0.4, 0.5) is 0 Å². The number of hydrogen-bond acceptors (Lipinski definition) is 9. The number of halogens is 3. The number of rotatable bonds is 7. The fraction of sp³-hybridized carbons (Fsp3) is 1.00. The molecule has 0 aliphatic carbocycles. The van der Waals surface area contributed by atoms with Gasteiger partial charge in [-0.2, -0.15) is 3.17 Å². The lowest BCUT2D eigenvalue weighted by atomic mass is 11.4. The molecule has 11 nitrogen and oxygen atoms in total. The van der Waals surface area contributed by atoms with Gasteiger partial charge in [-0.15, -0.1) is 11.7 Å². The summed E-state index contributed by atoms with van der Waals surface area (Å²) in [7, 11) is 1.30. The van der Waals surface area contributed by atoms with Gasteiger partial charge in [0, 0.05) is 0 Å². The molecule has 0 aromatic carbocycles. The Bertz CT molecular complexity index is 184. The molecule has 15 heavy (non-hydrogen) atoms. The molecule has 0 unspecified atom stereocenters. The van der Waals surface area contributed by atoms with Crippen molar-refractivity contribution < 1.29 is 29.3 Å². The smallest absolute Gasteiger partial charge is 0.171 e. The van der Waals surface area contributed by atoms with E-state index >= 15 is 0 Å². The van der Waals surface area contributed by atoms with Gasteiger partial charge in [-0.05, 0) is 16.1 Å². The molecule has 0 aromatic heterocycles. The minimum atomic E-state index is -1.25. The van der Waals surface area contributed by atoms with Crippen LogP contribution in [0.5, 0.6) is 0 Å². The van der Waals surface area contributed by atoms with Crippen molar-refractivity contribution in [2.75, 3.05) is 7.05 Å². The van der Waals surface area contributed by atoms with Gasteiger partial charge in [0.1, 0.15) is 30.1 Å². The van der Waals surface area contributed by atoms with E-state index in [1.807, 2.05) is 0 Å². The maximum absolute atomic E-state index is 5.35. The van der Waals surface area contributed by atoms with Crippen LogP contribution in [0.1, 0.15) is 0 Å². The molecule has 0 aliphatic heterocycles. The largest absolute Gasteiger partial charge is 0.217 e. The minimum absolute atomic E-state index is 0.401. The molecular formula is CH9I3N6O5+2. The first-order valence-electron chi connectivity index (χ1n) is 2.96. The first-order valence-corrected chi connectivity index (χ1v) is 5.61. The summed E-state index contributed by atoms with van der Waals surface area (Å²) < 4.78 is 13.7. The van der Waals surface area contributed by atoms with Crippen LogP contribution in [0.2, 0.25) is 0 Å². The van der Waals surface area contributed by atoms with Crippen molar-refractivity contribution in [1.29, 1.82) is 0 Å². The van der Waals surface area contributed by atoms with Crippen molar-refractivity contribution in [3.8, 4) is 0 Å². The van der Waals surface area contributed by atoms with Gasteiger partial charge in [0.05, 0.1) is 4.94 Å². The van der Waals surface area contributed by atoms with Gasteiger partial charge in [-0.3, -0.25) is 0 Å². The minimum Gasteiger partial charge on any atom is -0.171 e. The van der Waals surface area contributed by atoms with Gasteiger partial charge < -0.3 is 0 Å². The Morgan fingerprint density at radius 1 is 1.00 bits per heavy atom. The lowest BCUT2D eigenvalue weighted by Crippen LogP contribution is -2.62. The van der Waals surface area contributed by atoms with Crippen molar-refractivity contribution in [2.45, 2.75) is 0 Å². The average Bonchev–Trinajstić information content (AvgIpc) is 2.14. The van der Waals surface area contributed by atoms with Gasteiger partial charge in [-0.25, -0.2) is 0 Å². The van der Waals surface area contributed by atoms with Crippen LogP contribution in [0.3, 0.4) is 0 Å². The maximum atomic E-state index is 5.35. The molecule has 92 valence electrons. The van der Waals surface area contributed by atoms with Gasteiger partial charge in [0.25, 0.3) is 0 Å². The van der Waals surface area contributed by atoms with E-state index in [9.17, 15) is 0 Å². The molecule has 0 saturated heterocycles. The number of hydroxylamine groups is 1. The molecule has 0 spiro atoms. The third-order valence-corrected chi connectivity index (χ3v) is 2.09. The van der Waals surface area contributed by atoms with E-state index in [1.54, 1.807) is 0 Å². The molecule has 0 radical (unpaired) electrons. The summed E-state index contributed by atoms with van der Waals surface area (Å²) in [6.45, 7) is 0. The SMILES string of the molecule is C[N+](N)(N)ON(OI)O[N+](N)(OI)OI. The Balaban J connectivity index is 4.32. The molecule has 0 heterocycles. The fourth-order valence-corrected chi connectivity index (χ4v) is 1.07. The topological polar surface area (TPSA) is 127 Å². The first-order chi connectivity index (χ1) is 6.76. The highest BCUT2D eigenvalue weighted by Gasteiger charge is 2.39. The number of quaternary nitrogens is 2. The quantitative estimate of drug-likeness (QED) is 0.165. The van der Waals surface area contributed by atoms with E-state index in [0.717, 1.165) is 0 Å². The van der Waals surface area contributed by atoms with Crippen molar-refractivity contribution in [2.24, 2.45) is 17.5 Å². The monoisotopic (exact) mass is 566 g/mol. The lowest BCUT2D eigenvalue weighted by Gasteiger charge is -2.23. The van der Waals surface area contributed by atoms with Gasteiger partial charge >= 0.3 is 0 Å². The van der Waals surface area contributed by atoms with E-state index in [-0.39, 0.29) is 0 Å². The number of nitrogens with two attached hydrogens (primary N) is 3. The molecule has 0 saturated carbocycles. The molecule has 0 rings (SSSR count). The van der Waals surface area contributed by atoms with E-state index in [1.165, 1.54) is 76.1 Å². The molecule has 0 amide bonds. The molecule has 14 heteroatoms. The van der Waals surface area contributed by atoms with Crippen molar-refractivity contribution in [1.82, 2.24) is 5.39 Å². The Kier molecular flexibility index (Phi) is 8.09. The van der Waals surface area contributed by atoms with Crippen molar-refractivity contribution in [3.05, 3.63) is 0 Å². The Morgan fingerprint density at radius 2 is 1.47 bits per heavy atom. The second kappa shape index (κ2) is 7.24. The molecule has 0 aliphatic rings. The van der Waals surface area contributed by atoms with Crippen LogP contribution < -0.4 is 17.5 Å². The van der Waals surface area contributed by atoms with E-state index < -0.39 is 9.95 Å². The highest BCUT2D eigenvalue weighted by Crippen LogP contribution is 2.16.